The molecule has 0 aliphatic heterocycles. The van der Waals surface area contributed by atoms with Gasteiger partial charge in [-0.05, 0) is 6.42 Å². The summed E-state index contributed by atoms with van der Waals surface area (Å²) in [5.74, 6) is 0. The summed E-state index contributed by atoms with van der Waals surface area (Å²) in [4.78, 5) is 9.44. The van der Waals surface area contributed by atoms with E-state index in [0.717, 1.165) is 10.9 Å². The monoisotopic (exact) mass is 122 g/mol. The van der Waals surface area contributed by atoms with E-state index >= 15 is 0 Å². The Morgan fingerprint density at radius 3 is 2.57 bits per heavy atom. The lowest BCUT2D eigenvalue weighted by molar-refractivity contribution is 0.477. The number of rotatable bonds is 3. The van der Waals surface area contributed by atoms with E-state index in [1.165, 1.54) is 0 Å². The maximum Gasteiger partial charge on any atom is 0.0686 e. The molecule has 4 heteroatoms. The SMILES string of the molecule is CCCN(Cl)N=O. The molecule has 0 heterocycles. The van der Waals surface area contributed by atoms with Crippen LogP contribution in [-0.4, -0.2) is 11.1 Å². The standard InChI is InChI=1S/C3H7ClN2O/c1-2-3-6(4)5-7/h2-3H2,1H3. The average molecular weight is 123 g/mol. The van der Waals surface area contributed by atoms with E-state index in [4.69, 9.17) is 11.8 Å². The summed E-state index contributed by atoms with van der Waals surface area (Å²) in [5, 5.41) is 2.43. The van der Waals surface area contributed by atoms with Gasteiger partial charge in [-0.1, -0.05) is 6.92 Å². The maximum absolute atomic E-state index is 9.44. The van der Waals surface area contributed by atoms with Gasteiger partial charge in [-0.2, -0.15) is 4.53 Å². The lowest BCUT2D eigenvalue weighted by atomic mass is 10.5. The lowest BCUT2D eigenvalue weighted by Gasteiger charge is -1.98. The topological polar surface area (TPSA) is 32.7 Å². The Hall–Kier alpha value is -0.310. The molecule has 42 valence electrons. The highest BCUT2D eigenvalue weighted by Gasteiger charge is 1.89. The molecule has 0 aromatic rings. The van der Waals surface area contributed by atoms with Gasteiger partial charge in [0, 0.05) is 11.8 Å². The van der Waals surface area contributed by atoms with E-state index in [1.807, 2.05) is 6.92 Å². The minimum atomic E-state index is 0.519. The van der Waals surface area contributed by atoms with Crippen molar-refractivity contribution in [3.63, 3.8) is 0 Å². The van der Waals surface area contributed by atoms with E-state index in [2.05, 4.69) is 5.29 Å². The normalized spacial score (nSPS) is 8.29. The van der Waals surface area contributed by atoms with Crippen LogP contribution < -0.4 is 0 Å². The molecule has 0 aromatic heterocycles. The van der Waals surface area contributed by atoms with Gasteiger partial charge in [0.15, 0.2) is 0 Å². The predicted molar refractivity (Wildman–Crippen MR) is 28.6 cm³/mol. The van der Waals surface area contributed by atoms with Gasteiger partial charge in [-0.25, -0.2) is 0 Å². The summed E-state index contributed by atoms with van der Waals surface area (Å²) in [7, 11) is 0. The molecule has 7 heavy (non-hydrogen) atoms. The molecule has 0 aromatic carbocycles. The van der Waals surface area contributed by atoms with Crippen molar-refractivity contribution in [2.45, 2.75) is 13.3 Å². The van der Waals surface area contributed by atoms with Crippen molar-refractivity contribution < 1.29 is 0 Å². The van der Waals surface area contributed by atoms with Crippen LogP contribution >= 0.6 is 11.8 Å². The van der Waals surface area contributed by atoms with Crippen molar-refractivity contribution in [3.05, 3.63) is 4.91 Å². The zero-order valence-corrected chi connectivity index (χ0v) is 4.85. The van der Waals surface area contributed by atoms with Gasteiger partial charge in [0.25, 0.3) is 0 Å². The van der Waals surface area contributed by atoms with E-state index in [9.17, 15) is 4.91 Å². The van der Waals surface area contributed by atoms with Crippen molar-refractivity contribution in [2.24, 2.45) is 5.29 Å². The second kappa shape index (κ2) is 3.87. The fraction of sp³-hybridized carbons (Fsp3) is 1.00. The summed E-state index contributed by atoms with van der Waals surface area (Å²) in [6.45, 7) is 2.44. The van der Waals surface area contributed by atoms with Gasteiger partial charge in [0.1, 0.15) is 0 Å². The third-order valence-corrected chi connectivity index (χ3v) is 0.727. The zero-order chi connectivity index (χ0) is 5.70. The molecule has 0 radical (unpaired) electrons. The molecule has 0 atom stereocenters. The Bertz CT molecular complexity index is 58.9. The second-order valence-electron chi connectivity index (χ2n) is 1.14. The van der Waals surface area contributed by atoms with Crippen LogP contribution in [0.2, 0.25) is 0 Å². The molecule has 0 fully saturated rings. The predicted octanol–water partition coefficient (Wildman–Crippen LogP) is 1.53. The van der Waals surface area contributed by atoms with Crippen LogP contribution in [0.1, 0.15) is 13.3 Å². The third-order valence-electron chi connectivity index (χ3n) is 0.497. The smallest absolute Gasteiger partial charge is 0.0686 e. The van der Waals surface area contributed by atoms with Crippen LogP contribution in [0, 0.1) is 4.91 Å². The molecule has 0 saturated heterocycles. The number of hydrogen-bond acceptors (Lipinski definition) is 2. The molecule has 0 aliphatic rings. The molecular formula is C3H7ClN2O. The first-order valence-electron chi connectivity index (χ1n) is 2.07. The highest BCUT2D eigenvalue weighted by atomic mass is 35.5. The molecular weight excluding hydrogens is 115 g/mol. The second-order valence-corrected chi connectivity index (χ2v) is 1.53. The van der Waals surface area contributed by atoms with Gasteiger partial charge in [-0.3, -0.25) is 0 Å². The Morgan fingerprint density at radius 1 is 1.86 bits per heavy atom. The van der Waals surface area contributed by atoms with Crippen molar-refractivity contribution >= 4 is 11.8 Å². The zero-order valence-electron chi connectivity index (χ0n) is 4.09. The molecule has 0 spiro atoms. The summed E-state index contributed by atoms with van der Waals surface area (Å²) in [5.41, 5.74) is 0. The van der Waals surface area contributed by atoms with Crippen LogP contribution in [0.3, 0.4) is 0 Å². The van der Waals surface area contributed by atoms with Crippen molar-refractivity contribution in [2.75, 3.05) is 6.54 Å². The summed E-state index contributed by atoms with van der Waals surface area (Å²) in [6.07, 6.45) is 0.842. The highest BCUT2D eigenvalue weighted by Crippen LogP contribution is 1.93. The quantitative estimate of drug-likeness (QED) is 0.323. The summed E-state index contributed by atoms with van der Waals surface area (Å²) < 4.78 is 0.847. The first kappa shape index (κ1) is 6.69. The molecule has 3 nitrogen and oxygen atoms in total. The van der Waals surface area contributed by atoms with Gasteiger partial charge in [-0.15, -0.1) is 4.91 Å². The molecule has 0 amide bonds. The van der Waals surface area contributed by atoms with E-state index < -0.39 is 0 Å². The number of hydrogen-bond donors (Lipinski definition) is 0. The fourth-order valence-corrected chi connectivity index (χ4v) is 0.394. The van der Waals surface area contributed by atoms with Gasteiger partial charge >= 0.3 is 0 Å². The van der Waals surface area contributed by atoms with E-state index in [-0.39, 0.29) is 0 Å². The minimum absolute atomic E-state index is 0.519. The van der Waals surface area contributed by atoms with Gasteiger partial charge in [0.05, 0.1) is 11.8 Å². The summed E-state index contributed by atoms with van der Waals surface area (Å²) in [6, 6.07) is 0. The first-order chi connectivity index (χ1) is 3.31. The van der Waals surface area contributed by atoms with Gasteiger partial charge in [0.2, 0.25) is 0 Å². The Labute approximate surface area is 47.3 Å². The number of halogens is 1. The number of nitrogens with zero attached hydrogens (tertiary/aromatic N) is 2. The van der Waals surface area contributed by atoms with Crippen LogP contribution in [-0.2, 0) is 0 Å². The minimum Gasteiger partial charge on any atom is -0.169 e. The van der Waals surface area contributed by atoms with Crippen LogP contribution in [0.25, 0.3) is 0 Å². The molecule has 0 N–H and O–H groups in total. The van der Waals surface area contributed by atoms with Crippen LogP contribution in [0.4, 0.5) is 0 Å². The first-order valence-corrected chi connectivity index (χ1v) is 2.41. The van der Waals surface area contributed by atoms with Gasteiger partial charge < -0.3 is 0 Å². The van der Waals surface area contributed by atoms with Crippen molar-refractivity contribution in [1.29, 1.82) is 0 Å². The Kier molecular flexibility index (Phi) is 3.69. The fourth-order valence-electron chi connectivity index (χ4n) is 0.225. The van der Waals surface area contributed by atoms with Crippen LogP contribution in [0.5, 0.6) is 0 Å². The lowest BCUT2D eigenvalue weighted by Crippen LogP contribution is -2.02. The molecule has 0 saturated carbocycles. The van der Waals surface area contributed by atoms with E-state index in [1.54, 1.807) is 0 Å². The van der Waals surface area contributed by atoms with Crippen molar-refractivity contribution in [3.8, 4) is 0 Å². The Balaban J connectivity index is 2.98. The summed E-state index contributed by atoms with van der Waals surface area (Å²) >= 11 is 5.12. The molecule has 0 rings (SSSR count). The average Bonchev–Trinajstić information content (AvgIpc) is 1.68. The molecule has 0 aliphatic carbocycles. The largest absolute Gasteiger partial charge is 0.169 e. The molecule has 0 unspecified atom stereocenters. The van der Waals surface area contributed by atoms with Crippen LogP contribution in [0.15, 0.2) is 5.29 Å². The molecule has 0 bridgehead atoms. The third kappa shape index (κ3) is 3.52. The maximum atomic E-state index is 9.44. The Morgan fingerprint density at radius 2 is 2.43 bits per heavy atom. The highest BCUT2D eigenvalue weighted by molar-refractivity contribution is 6.13. The van der Waals surface area contributed by atoms with E-state index in [0.29, 0.717) is 6.54 Å². The van der Waals surface area contributed by atoms with Crippen molar-refractivity contribution in [1.82, 2.24) is 4.53 Å². The number of nitroso groups, excluding NO2 is 1.